The van der Waals surface area contributed by atoms with E-state index in [0.29, 0.717) is 25.0 Å². The van der Waals surface area contributed by atoms with Crippen LogP contribution in [0.2, 0.25) is 0 Å². The highest BCUT2D eigenvalue weighted by atomic mass is 19.4. The van der Waals surface area contributed by atoms with Crippen molar-refractivity contribution >= 4 is 17.5 Å². The molecule has 0 unspecified atom stereocenters. The molecule has 0 bridgehead atoms. The molecule has 4 rings (SSSR count). The third-order valence-corrected chi connectivity index (χ3v) is 7.71. The molecule has 3 atom stereocenters. The predicted molar refractivity (Wildman–Crippen MR) is 138 cm³/mol. The van der Waals surface area contributed by atoms with Crippen LogP contribution in [0.1, 0.15) is 55.7 Å². The maximum atomic E-state index is 14.8. The SMILES string of the molecule is N#CN1C[C@H](O)C[C@@H]1C(=O)N(c1ccc(C(F)(C(F)(F)F)C(F)(F)F)cc1)[C@@H](C(=O)NC1CCCCC1)c1cccnc1. The van der Waals surface area contributed by atoms with Gasteiger partial charge in [0.05, 0.1) is 12.6 Å². The third kappa shape index (κ3) is 6.39. The van der Waals surface area contributed by atoms with Gasteiger partial charge in [0, 0.05) is 41.7 Å². The summed E-state index contributed by atoms with van der Waals surface area (Å²) in [6.07, 6.45) is -5.65. The smallest absolute Gasteiger partial charge is 0.391 e. The Kier molecular flexibility index (Phi) is 9.19. The van der Waals surface area contributed by atoms with E-state index in [1.54, 1.807) is 6.19 Å². The van der Waals surface area contributed by atoms with Gasteiger partial charge in [-0.25, -0.2) is 4.39 Å². The van der Waals surface area contributed by atoms with Crippen LogP contribution in [0.15, 0.2) is 48.8 Å². The van der Waals surface area contributed by atoms with Crippen molar-refractivity contribution in [3.05, 3.63) is 59.9 Å². The molecule has 1 aliphatic heterocycles. The normalized spacial score (nSPS) is 20.8. The van der Waals surface area contributed by atoms with Gasteiger partial charge in [0.15, 0.2) is 6.19 Å². The Morgan fingerprint density at radius 2 is 1.65 bits per heavy atom. The highest BCUT2D eigenvalue weighted by Gasteiger charge is 2.73. The summed E-state index contributed by atoms with van der Waals surface area (Å²) in [6.45, 7) is -0.215. The summed E-state index contributed by atoms with van der Waals surface area (Å²) in [5.41, 5.74) is -7.67. The number of hydrogen-bond donors (Lipinski definition) is 2. The van der Waals surface area contributed by atoms with Crippen molar-refractivity contribution in [2.24, 2.45) is 0 Å². The van der Waals surface area contributed by atoms with Gasteiger partial charge < -0.3 is 10.4 Å². The van der Waals surface area contributed by atoms with Gasteiger partial charge in [0.25, 0.3) is 5.91 Å². The van der Waals surface area contributed by atoms with Crippen molar-refractivity contribution in [3.63, 3.8) is 0 Å². The van der Waals surface area contributed by atoms with E-state index in [-0.39, 0.29) is 42.4 Å². The zero-order valence-electron chi connectivity index (χ0n) is 22.6. The van der Waals surface area contributed by atoms with Gasteiger partial charge in [-0.2, -0.15) is 31.6 Å². The number of aromatic nitrogens is 1. The minimum atomic E-state index is -6.35. The molecule has 1 aliphatic carbocycles. The lowest BCUT2D eigenvalue weighted by atomic mass is 9.93. The first-order valence-corrected chi connectivity index (χ1v) is 13.5. The molecule has 2 aliphatic rings. The summed E-state index contributed by atoms with van der Waals surface area (Å²) in [6, 6.07) is 1.68. The summed E-state index contributed by atoms with van der Waals surface area (Å²) >= 11 is 0. The molecule has 1 saturated heterocycles. The summed E-state index contributed by atoms with van der Waals surface area (Å²) < 4.78 is 95.1. The number of aliphatic hydroxyl groups is 1. The average molecular weight is 616 g/mol. The van der Waals surface area contributed by atoms with Gasteiger partial charge in [-0.05, 0) is 31.0 Å². The minimum Gasteiger partial charge on any atom is -0.391 e. The van der Waals surface area contributed by atoms with Crippen LogP contribution in [0.25, 0.3) is 0 Å². The molecule has 8 nitrogen and oxygen atoms in total. The van der Waals surface area contributed by atoms with Gasteiger partial charge in [-0.1, -0.05) is 37.5 Å². The molecular formula is C28H28F7N5O3. The summed E-state index contributed by atoms with van der Waals surface area (Å²) in [5.74, 6) is -1.64. The molecule has 2 fully saturated rings. The molecule has 1 aromatic heterocycles. The molecule has 2 aromatic rings. The van der Waals surface area contributed by atoms with Crippen molar-refractivity contribution in [1.29, 1.82) is 5.26 Å². The Bertz CT molecular complexity index is 1310. The summed E-state index contributed by atoms with van der Waals surface area (Å²) in [4.78, 5) is 33.7. The Labute approximate surface area is 242 Å². The number of alkyl halides is 7. The molecular weight excluding hydrogens is 587 g/mol. The number of carbonyl (C=O) groups excluding carboxylic acids is 2. The first-order valence-electron chi connectivity index (χ1n) is 13.5. The van der Waals surface area contributed by atoms with Gasteiger partial charge in [0.2, 0.25) is 5.91 Å². The number of nitrogens with zero attached hydrogens (tertiary/aromatic N) is 4. The van der Waals surface area contributed by atoms with Crippen LogP contribution in [0.5, 0.6) is 0 Å². The van der Waals surface area contributed by atoms with E-state index in [1.165, 1.54) is 24.5 Å². The van der Waals surface area contributed by atoms with Crippen molar-refractivity contribution in [3.8, 4) is 6.19 Å². The Morgan fingerprint density at radius 1 is 1.02 bits per heavy atom. The topological polar surface area (TPSA) is 110 Å². The third-order valence-electron chi connectivity index (χ3n) is 7.71. The molecule has 0 radical (unpaired) electrons. The number of anilines is 1. The van der Waals surface area contributed by atoms with Crippen LogP contribution >= 0.6 is 0 Å². The fraction of sp³-hybridized carbons (Fsp3) is 0.500. The van der Waals surface area contributed by atoms with E-state index < -0.39 is 53.6 Å². The first kappa shape index (κ1) is 32.0. The number of nitriles is 1. The number of halogens is 7. The number of likely N-dealkylation sites (tertiary alicyclic amines) is 1. The molecule has 2 N–H and O–H groups in total. The van der Waals surface area contributed by atoms with E-state index in [1.807, 2.05) is 0 Å². The second-order valence-electron chi connectivity index (χ2n) is 10.6. The fourth-order valence-electron chi connectivity index (χ4n) is 5.54. The minimum absolute atomic E-state index is 0.153. The summed E-state index contributed by atoms with van der Waals surface area (Å²) in [7, 11) is 0. The van der Waals surface area contributed by atoms with Crippen molar-refractivity contribution in [2.75, 3.05) is 11.4 Å². The van der Waals surface area contributed by atoms with Crippen molar-refractivity contribution < 1.29 is 45.4 Å². The average Bonchev–Trinajstić information content (AvgIpc) is 3.35. The molecule has 15 heteroatoms. The molecule has 0 spiro atoms. The maximum Gasteiger partial charge on any atom is 0.435 e. The monoisotopic (exact) mass is 615 g/mol. The molecule has 232 valence electrons. The van der Waals surface area contributed by atoms with Crippen molar-refractivity contribution in [1.82, 2.24) is 15.2 Å². The van der Waals surface area contributed by atoms with E-state index in [4.69, 9.17) is 0 Å². The number of nitrogens with one attached hydrogen (secondary N) is 1. The van der Waals surface area contributed by atoms with Gasteiger partial charge in [-0.15, -0.1) is 0 Å². The van der Waals surface area contributed by atoms with E-state index in [9.17, 15) is 50.7 Å². The Hall–Kier alpha value is -3.93. The van der Waals surface area contributed by atoms with E-state index in [0.717, 1.165) is 29.1 Å². The number of hydrogen-bond acceptors (Lipinski definition) is 6. The lowest BCUT2D eigenvalue weighted by Gasteiger charge is -2.36. The quantitative estimate of drug-likeness (QED) is 0.342. The highest BCUT2D eigenvalue weighted by Crippen LogP contribution is 2.53. The van der Waals surface area contributed by atoms with Gasteiger partial charge in [-0.3, -0.25) is 24.4 Å². The van der Waals surface area contributed by atoms with Crippen LogP contribution in [0.3, 0.4) is 0 Å². The predicted octanol–water partition coefficient (Wildman–Crippen LogP) is 4.81. The molecule has 1 aromatic carbocycles. The zero-order valence-corrected chi connectivity index (χ0v) is 22.6. The van der Waals surface area contributed by atoms with Gasteiger partial charge in [0.1, 0.15) is 12.1 Å². The maximum absolute atomic E-state index is 14.8. The van der Waals surface area contributed by atoms with Crippen LogP contribution in [0, 0.1) is 11.5 Å². The van der Waals surface area contributed by atoms with Gasteiger partial charge >= 0.3 is 18.0 Å². The number of rotatable bonds is 7. The lowest BCUT2D eigenvalue weighted by molar-refractivity contribution is -0.348. The summed E-state index contributed by atoms with van der Waals surface area (Å²) in [5, 5.41) is 22.6. The number of β-amino-alcohol motifs (C(OH)–C–C–N with tert-alkyl or cyclic N) is 1. The van der Waals surface area contributed by atoms with Crippen molar-refractivity contribution in [2.45, 2.75) is 80.8 Å². The number of benzene rings is 1. The van der Waals surface area contributed by atoms with Crippen LogP contribution in [-0.2, 0) is 15.3 Å². The Balaban J connectivity index is 1.84. The molecule has 43 heavy (non-hydrogen) atoms. The molecule has 2 heterocycles. The second-order valence-corrected chi connectivity index (χ2v) is 10.6. The highest BCUT2D eigenvalue weighted by molar-refractivity contribution is 6.04. The standard InChI is InChI=1S/C28H28F7N5O3/c29-26(27(30,31)32,28(33,34)35)18-8-10-20(11-9-18)40(25(43)22-13-21(41)15-39(22)16-36)23(17-5-4-12-37-14-17)24(42)38-19-6-2-1-3-7-19/h4-5,8-12,14,19,21-23,41H,1-3,6-7,13,15H2,(H,38,42)/t21-,22-,23-/m1/s1. The second kappa shape index (κ2) is 12.4. The molecule has 2 amide bonds. The fourth-order valence-corrected chi connectivity index (χ4v) is 5.54. The lowest BCUT2D eigenvalue weighted by Crippen LogP contribution is -2.52. The zero-order chi connectivity index (χ0) is 31.6. The largest absolute Gasteiger partial charge is 0.435 e. The molecule has 1 saturated carbocycles. The van der Waals surface area contributed by atoms with E-state index >= 15 is 0 Å². The number of aliphatic hydroxyl groups excluding tert-OH is 1. The van der Waals surface area contributed by atoms with Crippen LogP contribution in [0.4, 0.5) is 36.4 Å². The van der Waals surface area contributed by atoms with Crippen LogP contribution in [-0.4, -0.2) is 63.9 Å². The number of pyridine rings is 1. The number of amides is 2. The van der Waals surface area contributed by atoms with Crippen LogP contribution < -0.4 is 10.2 Å². The number of carbonyl (C=O) groups is 2. The Morgan fingerprint density at radius 3 is 2.19 bits per heavy atom. The van der Waals surface area contributed by atoms with E-state index in [2.05, 4.69) is 10.3 Å². The first-order chi connectivity index (χ1) is 20.2.